The van der Waals surface area contributed by atoms with E-state index in [-0.39, 0.29) is 37.9 Å². The van der Waals surface area contributed by atoms with Gasteiger partial charge in [-0.15, -0.1) is 0 Å². The lowest BCUT2D eigenvalue weighted by Gasteiger charge is -2.28. The van der Waals surface area contributed by atoms with Crippen LogP contribution >= 0.6 is 0 Å². The summed E-state index contributed by atoms with van der Waals surface area (Å²) < 4.78 is 24.6. The molecule has 1 aliphatic carbocycles. The van der Waals surface area contributed by atoms with Gasteiger partial charge < -0.3 is 0 Å². The highest BCUT2D eigenvalue weighted by Crippen LogP contribution is 2.52. The molecule has 106 heavy (non-hydrogen) atoms. The second-order valence-corrected chi connectivity index (χ2v) is 37.2. The molecule has 1 aliphatic rings. The molecule has 0 atom stereocenters. The first-order valence-corrected chi connectivity index (χ1v) is 38.7. The highest BCUT2D eigenvalue weighted by molar-refractivity contribution is 6.01. The summed E-state index contributed by atoms with van der Waals surface area (Å²) in [7, 11) is 0. The summed E-state index contributed by atoms with van der Waals surface area (Å²) in [6.07, 6.45) is 6.50. The minimum atomic E-state index is -0.223. The standard InChI is InChI=1S/C106H112/c1-100(2,3)93-48-32-25-41-82(93)71-55-70(69-39-23-22-24-40-69)56-78(60-71)89-67-91(80-63-74(85-44-28-35-51-96(85)103(10,11)12)58-75(64-80)86-45-29-36-52-97(86)104(13,14)15)92(81-65-76(87-46-30-37-53-98(87)105(16,17)18)59-77(66-81)88-47-31-38-54-99(88)106(19,20)21)68-90(89)79-61-72(83-42-26-33-49-94(83)101(4,5)6)57-73(62-79)84-43-27-34-50-95(84)102(7,8)9/h22-24,26-40,42-68H,25,41H2,1-21H3/i67D,68D. The van der Waals surface area contributed by atoms with Crippen LogP contribution in [0.2, 0.25) is 0 Å². The fourth-order valence-electron chi connectivity index (χ4n) is 16.4. The fraction of sp³-hybridized carbons (Fsp3) is 0.283. The molecule has 0 fully saturated rings. The Hall–Kier alpha value is -9.88. The number of benzene rings is 12. The molecule has 0 aliphatic heterocycles. The van der Waals surface area contributed by atoms with Crippen LogP contribution in [0.5, 0.6) is 0 Å². The zero-order chi connectivity index (χ0) is 77.4. The molecule has 0 N–H and O–H groups in total. The van der Waals surface area contributed by atoms with Crippen molar-refractivity contribution in [1.29, 1.82) is 0 Å². The quantitative estimate of drug-likeness (QED) is 0.114. The van der Waals surface area contributed by atoms with Gasteiger partial charge in [-0.1, -0.05) is 333 Å². The van der Waals surface area contributed by atoms with Gasteiger partial charge in [0, 0.05) is 0 Å². The monoisotopic (exact) mass is 1390 g/mol. The van der Waals surface area contributed by atoms with Gasteiger partial charge in [-0.3, -0.25) is 0 Å². The van der Waals surface area contributed by atoms with Crippen LogP contribution < -0.4 is 0 Å². The normalized spacial score (nSPS) is 13.6. The Labute approximate surface area is 640 Å². The Balaban J connectivity index is 1.32. The van der Waals surface area contributed by atoms with E-state index in [1.807, 2.05) is 0 Å². The number of hydrogen-bond acceptors (Lipinski definition) is 0. The topological polar surface area (TPSA) is 0 Å². The molecule has 0 radical (unpaired) electrons. The summed E-state index contributed by atoms with van der Waals surface area (Å²) in [5.74, 6) is 0. The van der Waals surface area contributed by atoms with E-state index in [0.717, 1.165) is 119 Å². The first-order valence-electron chi connectivity index (χ1n) is 39.7. The van der Waals surface area contributed by atoms with Crippen molar-refractivity contribution in [2.45, 2.75) is 191 Å². The van der Waals surface area contributed by atoms with Gasteiger partial charge in [0.25, 0.3) is 0 Å². The first kappa shape index (κ1) is 71.7. The average molecular weight is 1390 g/mol. The molecular formula is C106H112. The molecule has 12 aromatic rings. The minimum Gasteiger partial charge on any atom is -0.0839 e. The van der Waals surface area contributed by atoms with Gasteiger partial charge in [0.05, 0.1) is 2.74 Å². The third-order valence-corrected chi connectivity index (χ3v) is 21.6. The zero-order valence-electron chi connectivity index (χ0n) is 69.2. The first-order chi connectivity index (χ1) is 50.8. The highest BCUT2D eigenvalue weighted by Gasteiger charge is 2.31. The fourth-order valence-corrected chi connectivity index (χ4v) is 16.4. The van der Waals surface area contributed by atoms with E-state index < -0.39 is 0 Å². The largest absolute Gasteiger partial charge is 0.0839 e. The lowest BCUT2D eigenvalue weighted by molar-refractivity contribution is 0.515. The predicted octanol–water partition coefficient (Wildman–Crippen LogP) is 31.0. The molecule has 12 aromatic carbocycles. The second kappa shape index (κ2) is 28.4. The van der Waals surface area contributed by atoms with Crippen molar-refractivity contribution in [1.82, 2.24) is 0 Å². The molecular weight excluding hydrogens is 1270 g/mol. The number of allylic oxidation sites excluding steroid dienone is 4. The van der Waals surface area contributed by atoms with Crippen LogP contribution in [0.4, 0.5) is 0 Å². The van der Waals surface area contributed by atoms with Crippen LogP contribution in [0.3, 0.4) is 0 Å². The summed E-state index contributed by atoms with van der Waals surface area (Å²) in [6.45, 7) is 48.7. The van der Waals surface area contributed by atoms with E-state index in [9.17, 15) is 2.74 Å². The Morgan fingerprint density at radius 2 is 0.415 bits per heavy atom. The van der Waals surface area contributed by atoms with E-state index in [1.165, 1.54) is 44.5 Å². The van der Waals surface area contributed by atoms with Crippen LogP contribution in [0, 0.1) is 5.41 Å². The lowest BCUT2D eigenvalue weighted by Crippen LogP contribution is -2.13. The molecule has 0 saturated heterocycles. The smallest absolute Gasteiger partial charge is 0.0636 e. The van der Waals surface area contributed by atoms with Crippen molar-refractivity contribution < 1.29 is 2.74 Å². The minimum absolute atomic E-state index is 0.165. The van der Waals surface area contributed by atoms with E-state index in [4.69, 9.17) is 0 Å². The van der Waals surface area contributed by atoms with Crippen LogP contribution in [0.25, 0.3) is 128 Å². The van der Waals surface area contributed by atoms with E-state index in [2.05, 4.69) is 406 Å². The third-order valence-electron chi connectivity index (χ3n) is 21.6. The van der Waals surface area contributed by atoms with Gasteiger partial charge in [0.1, 0.15) is 0 Å². The summed E-state index contributed by atoms with van der Waals surface area (Å²) in [6, 6.07) is 93.7. The van der Waals surface area contributed by atoms with Crippen molar-refractivity contribution in [3.05, 3.63) is 317 Å². The zero-order valence-corrected chi connectivity index (χ0v) is 67.2. The van der Waals surface area contributed by atoms with Gasteiger partial charge in [0.2, 0.25) is 0 Å². The van der Waals surface area contributed by atoms with Gasteiger partial charge in [-0.25, -0.2) is 0 Å². The van der Waals surface area contributed by atoms with Gasteiger partial charge in [-0.05, 0) is 308 Å². The summed E-state index contributed by atoms with van der Waals surface area (Å²) in [5.41, 5.74) is 31.3. The average Bonchev–Trinajstić information content (AvgIpc) is 0.718. The summed E-state index contributed by atoms with van der Waals surface area (Å²) >= 11 is 0. The van der Waals surface area contributed by atoms with Crippen molar-refractivity contribution in [3.63, 3.8) is 0 Å². The molecule has 0 nitrogen and oxygen atoms in total. The molecule has 0 amide bonds. The molecule has 0 unspecified atom stereocenters. The maximum atomic E-state index is 12.3. The molecule has 0 heterocycles. The van der Waals surface area contributed by atoms with Crippen molar-refractivity contribution in [2.24, 2.45) is 5.41 Å². The molecule has 0 saturated carbocycles. The molecule has 0 heteroatoms. The SMILES string of the molecule is [2H]c1c(-c2cc(C3=C(C(C)(C)C)C=CCC3)cc(-c3ccccc3)c2)c(-c2cc(-c3ccccc3C(C)(C)C)cc(-c3ccccc3C(C)(C)C)c2)c([2H])c(-c2cc(-c3ccccc3C(C)(C)C)cc(-c3ccccc3C(C)(C)C)c2)c1-c1cc(-c2ccccc2C(C)(C)C)cc(-c2ccccc2C(C)(C)C)c1. The Kier molecular flexibility index (Phi) is 19.2. The predicted molar refractivity (Wildman–Crippen MR) is 463 cm³/mol. The maximum Gasteiger partial charge on any atom is 0.0636 e. The Morgan fingerprint density at radius 1 is 0.208 bits per heavy atom. The van der Waals surface area contributed by atoms with Gasteiger partial charge in [-0.2, -0.15) is 0 Å². The highest BCUT2D eigenvalue weighted by atomic mass is 14.3. The molecule has 13 rings (SSSR count). The van der Waals surface area contributed by atoms with Crippen molar-refractivity contribution >= 4 is 5.57 Å². The third kappa shape index (κ3) is 15.5. The van der Waals surface area contributed by atoms with Crippen LogP contribution in [-0.2, 0) is 32.5 Å². The van der Waals surface area contributed by atoms with Crippen LogP contribution in [0.15, 0.2) is 279 Å². The summed E-state index contributed by atoms with van der Waals surface area (Å²) in [4.78, 5) is 0. The molecule has 536 valence electrons. The summed E-state index contributed by atoms with van der Waals surface area (Å²) in [5, 5.41) is 0. The van der Waals surface area contributed by atoms with Crippen molar-refractivity contribution in [2.75, 3.05) is 0 Å². The second-order valence-electron chi connectivity index (χ2n) is 37.2. The lowest BCUT2D eigenvalue weighted by atomic mass is 9.76. The molecule has 0 spiro atoms. The van der Waals surface area contributed by atoms with Crippen LogP contribution in [-0.4, -0.2) is 0 Å². The number of hydrogen-bond donors (Lipinski definition) is 0. The van der Waals surface area contributed by atoms with E-state index in [0.29, 0.717) is 34.3 Å². The maximum absolute atomic E-state index is 12.3. The van der Waals surface area contributed by atoms with Crippen LogP contribution in [0.1, 0.15) is 200 Å². The van der Waals surface area contributed by atoms with Gasteiger partial charge in [0.15, 0.2) is 0 Å². The Bertz CT molecular complexity index is 5250. The van der Waals surface area contributed by atoms with E-state index in [1.54, 1.807) is 0 Å². The van der Waals surface area contributed by atoms with E-state index >= 15 is 0 Å². The molecule has 0 bridgehead atoms. The molecule has 0 aromatic heterocycles. The number of rotatable bonds is 12. The van der Waals surface area contributed by atoms with Crippen molar-refractivity contribution in [3.8, 4) is 122 Å². The Morgan fingerprint density at radius 3 is 0.660 bits per heavy atom. The van der Waals surface area contributed by atoms with Gasteiger partial charge >= 0.3 is 0 Å².